The molecule has 1 aliphatic heterocycles. The van der Waals surface area contributed by atoms with Gasteiger partial charge >= 0.3 is 0 Å². The van der Waals surface area contributed by atoms with Crippen molar-refractivity contribution in [2.45, 2.75) is 44.9 Å². The summed E-state index contributed by atoms with van der Waals surface area (Å²) >= 11 is 1.50. The summed E-state index contributed by atoms with van der Waals surface area (Å²) in [6.07, 6.45) is 1.95. The molecule has 0 fully saturated rings. The molecule has 128 valence electrons. The highest BCUT2D eigenvalue weighted by atomic mass is 32.2. The number of thioether (sulfide) groups is 1. The van der Waals surface area contributed by atoms with E-state index in [9.17, 15) is 9.59 Å². The van der Waals surface area contributed by atoms with E-state index in [2.05, 4.69) is 24.3 Å². The summed E-state index contributed by atoms with van der Waals surface area (Å²) in [4.78, 5) is 24.8. The maximum Gasteiger partial charge on any atom is 0.270 e. The molecule has 1 aromatic carbocycles. The Bertz CT molecular complexity index is 792. The molecule has 0 radical (unpaired) electrons. The van der Waals surface area contributed by atoms with Gasteiger partial charge in [0, 0.05) is 6.04 Å². The quantitative estimate of drug-likeness (QED) is 0.889. The summed E-state index contributed by atoms with van der Waals surface area (Å²) in [5, 5.41) is 5.73. The van der Waals surface area contributed by atoms with Crippen LogP contribution in [-0.2, 0) is 4.79 Å². The van der Waals surface area contributed by atoms with Crippen LogP contribution < -0.4 is 10.9 Å². The van der Waals surface area contributed by atoms with Gasteiger partial charge in [-0.1, -0.05) is 43.2 Å². The van der Waals surface area contributed by atoms with E-state index in [1.807, 2.05) is 35.9 Å². The number of H-pyrrole nitrogens is 1. The Morgan fingerprint density at radius 1 is 1.29 bits per heavy atom. The van der Waals surface area contributed by atoms with Gasteiger partial charge in [-0.2, -0.15) is 0 Å². The van der Waals surface area contributed by atoms with Gasteiger partial charge in [-0.05, 0) is 25.8 Å². The third-order valence-electron chi connectivity index (χ3n) is 4.39. The van der Waals surface area contributed by atoms with Crippen LogP contribution in [0.15, 0.2) is 29.1 Å². The van der Waals surface area contributed by atoms with Gasteiger partial charge in [0.25, 0.3) is 5.56 Å². The largest absolute Gasteiger partial charge is 0.310 e. The highest BCUT2D eigenvalue weighted by Gasteiger charge is 2.31. The summed E-state index contributed by atoms with van der Waals surface area (Å²) in [6, 6.07) is 8.30. The molecule has 0 bridgehead atoms. The summed E-state index contributed by atoms with van der Waals surface area (Å²) in [7, 11) is 0. The number of nitrogens with one attached hydrogen (secondary N) is 2. The minimum absolute atomic E-state index is 0.0627. The number of hydrogen-bond acceptors (Lipinski definition) is 3. The number of amides is 1. The number of nitrogens with zero attached hydrogens (tertiary/aromatic N) is 1. The Morgan fingerprint density at radius 2 is 2.00 bits per heavy atom. The molecule has 3 rings (SSSR count). The van der Waals surface area contributed by atoms with E-state index in [0.29, 0.717) is 17.1 Å². The van der Waals surface area contributed by atoms with Crippen molar-refractivity contribution in [2.24, 2.45) is 0 Å². The fraction of sp³-hybridized carbons (Fsp3) is 0.444. The fourth-order valence-corrected chi connectivity index (χ4v) is 4.25. The molecule has 2 heterocycles. The lowest BCUT2D eigenvalue weighted by Gasteiger charge is -2.17. The minimum atomic E-state index is -0.140. The number of aromatic nitrogens is 2. The van der Waals surface area contributed by atoms with Crippen LogP contribution >= 0.6 is 11.8 Å². The average Bonchev–Trinajstić information content (AvgIpc) is 2.75. The standard InChI is InChI=1S/C18H23N3O2S/c1-4-5-12(3)21-17-15(18(23)20-21)16(24-10-14(22)19-17)13-8-6-11(2)7-9-13/h6-9,12,16H,4-5,10H2,1-3H3,(H,19,22)(H,20,23)/t12-,16+/m1/s1. The lowest BCUT2D eigenvalue weighted by molar-refractivity contribution is -0.113. The van der Waals surface area contributed by atoms with E-state index in [4.69, 9.17) is 0 Å². The van der Waals surface area contributed by atoms with Crippen molar-refractivity contribution in [2.75, 3.05) is 11.1 Å². The molecule has 2 N–H and O–H groups in total. The predicted octanol–water partition coefficient (Wildman–Crippen LogP) is 3.62. The number of aryl methyl sites for hydroxylation is 1. The summed E-state index contributed by atoms with van der Waals surface area (Å²) in [6.45, 7) is 6.21. The first-order valence-electron chi connectivity index (χ1n) is 8.33. The molecule has 6 heteroatoms. The number of fused-ring (bicyclic) bond motifs is 1. The molecular weight excluding hydrogens is 322 g/mol. The smallest absolute Gasteiger partial charge is 0.270 e. The summed E-state index contributed by atoms with van der Waals surface area (Å²) in [5.41, 5.74) is 2.76. The number of hydrogen-bond donors (Lipinski definition) is 2. The molecule has 2 aromatic rings. The zero-order valence-corrected chi connectivity index (χ0v) is 15.1. The second-order valence-electron chi connectivity index (χ2n) is 6.36. The Hall–Kier alpha value is -1.95. The van der Waals surface area contributed by atoms with Crippen molar-refractivity contribution < 1.29 is 4.79 Å². The highest BCUT2D eigenvalue weighted by molar-refractivity contribution is 8.00. The maximum atomic E-state index is 12.7. The second-order valence-corrected chi connectivity index (χ2v) is 7.45. The lowest BCUT2D eigenvalue weighted by Crippen LogP contribution is -2.18. The Balaban J connectivity index is 2.11. The first-order valence-corrected chi connectivity index (χ1v) is 9.38. The van der Waals surface area contributed by atoms with Crippen molar-refractivity contribution in [1.82, 2.24) is 9.78 Å². The van der Waals surface area contributed by atoms with Crippen molar-refractivity contribution in [3.63, 3.8) is 0 Å². The number of carbonyl (C=O) groups is 1. The first kappa shape index (κ1) is 16.9. The molecule has 0 saturated heterocycles. The van der Waals surface area contributed by atoms with Crippen LogP contribution in [0.4, 0.5) is 5.82 Å². The van der Waals surface area contributed by atoms with E-state index in [1.165, 1.54) is 17.3 Å². The third kappa shape index (κ3) is 3.15. The van der Waals surface area contributed by atoms with Crippen LogP contribution in [0.2, 0.25) is 0 Å². The molecule has 0 spiro atoms. The zero-order chi connectivity index (χ0) is 17.3. The van der Waals surface area contributed by atoms with Gasteiger partial charge in [-0.25, -0.2) is 0 Å². The molecule has 1 amide bonds. The highest BCUT2D eigenvalue weighted by Crippen LogP contribution is 2.40. The number of carbonyl (C=O) groups excluding carboxylic acids is 1. The Labute approximate surface area is 145 Å². The average molecular weight is 345 g/mol. The molecule has 1 aliphatic rings. The van der Waals surface area contributed by atoms with Crippen molar-refractivity contribution in [3.05, 3.63) is 51.3 Å². The first-order chi connectivity index (χ1) is 11.5. The van der Waals surface area contributed by atoms with Gasteiger partial charge in [-0.15, -0.1) is 11.8 Å². The van der Waals surface area contributed by atoms with Crippen LogP contribution in [0, 0.1) is 6.92 Å². The third-order valence-corrected chi connectivity index (χ3v) is 5.66. The molecule has 0 saturated carbocycles. The summed E-state index contributed by atoms with van der Waals surface area (Å²) < 4.78 is 1.83. The molecule has 2 atom stereocenters. The molecule has 24 heavy (non-hydrogen) atoms. The monoisotopic (exact) mass is 345 g/mol. The molecule has 1 aromatic heterocycles. The Morgan fingerprint density at radius 3 is 2.67 bits per heavy atom. The van der Waals surface area contributed by atoms with Gasteiger partial charge in [0.2, 0.25) is 5.91 Å². The van der Waals surface area contributed by atoms with Crippen LogP contribution in [0.5, 0.6) is 0 Å². The van der Waals surface area contributed by atoms with Gasteiger partial charge < -0.3 is 5.32 Å². The number of benzene rings is 1. The van der Waals surface area contributed by atoms with E-state index in [-0.39, 0.29) is 22.8 Å². The SMILES string of the molecule is CCC[C@@H](C)n1[nH]c(=O)c2c1NC(=O)CS[C@H]2c1ccc(C)cc1. The number of anilines is 1. The number of rotatable bonds is 4. The molecular formula is C18H23N3O2S. The van der Waals surface area contributed by atoms with Gasteiger partial charge in [0.05, 0.1) is 16.6 Å². The van der Waals surface area contributed by atoms with Crippen LogP contribution in [0.25, 0.3) is 0 Å². The van der Waals surface area contributed by atoms with Crippen LogP contribution in [0.1, 0.15) is 54.7 Å². The zero-order valence-electron chi connectivity index (χ0n) is 14.3. The van der Waals surface area contributed by atoms with E-state index in [0.717, 1.165) is 18.4 Å². The van der Waals surface area contributed by atoms with Gasteiger partial charge in [0.15, 0.2) is 0 Å². The van der Waals surface area contributed by atoms with E-state index in [1.54, 1.807) is 0 Å². The predicted molar refractivity (Wildman–Crippen MR) is 98.8 cm³/mol. The molecule has 0 unspecified atom stereocenters. The normalized spacial score (nSPS) is 18.6. The lowest BCUT2D eigenvalue weighted by atomic mass is 10.0. The van der Waals surface area contributed by atoms with Crippen LogP contribution in [0.3, 0.4) is 0 Å². The Kier molecular flexibility index (Phi) is 4.85. The van der Waals surface area contributed by atoms with Crippen molar-refractivity contribution in [3.8, 4) is 0 Å². The summed E-state index contributed by atoms with van der Waals surface area (Å²) in [5.74, 6) is 0.906. The van der Waals surface area contributed by atoms with Gasteiger partial charge in [0.1, 0.15) is 5.82 Å². The maximum absolute atomic E-state index is 12.7. The van der Waals surface area contributed by atoms with Gasteiger partial charge in [-0.3, -0.25) is 19.4 Å². The van der Waals surface area contributed by atoms with Crippen molar-refractivity contribution in [1.29, 1.82) is 0 Å². The fourth-order valence-electron chi connectivity index (χ4n) is 3.13. The van der Waals surface area contributed by atoms with Crippen LogP contribution in [-0.4, -0.2) is 21.4 Å². The topological polar surface area (TPSA) is 66.9 Å². The number of aromatic amines is 1. The van der Waals surface area contributed by atoms with E-state index < -0.39 is 0 Å². The van der Waals surface area contributed by atoms with E-state index >= 15 is 0 Å². The molecule has 0 aliphatic carbocycles. The second kappa shape index (κ2) is 6.89. The minimum Gasteiger partial charge on any atom is -0.310 e. The molecule has 5 nitrogen and oxygen atoms in total. The van der Waals surface area contributed by atoms with Crippen molar-refractivity contribution >= 4 is 23.5 Å².